The van der Waals surface area contributed by atoms with E-state index in [1.807, 2.05) is 0 Å². The van der Waals surface area contributed by atoms with Gasteiger partial charge in [-0.05, 0) is 24.3 Å². The van der Waals surface area contributed by atoms with Crippen LogP contribution in [0, 0.1) is 0 Å². The number of carbonyl (C=O) groups is 1. The molecule has 0 aliphatic rings. The van der Waals surface area contributed by atoms with Crippen LogP contribution in [0.15, 0.2) is 47.8 Å². The third kappa shape index (κ3) is 6.14. The minimum absolute atomic E-state index is 0.0798. The summed E-state index contributed by atoms with van der Waals surface area (Å²) in [6, 6.07) is 5.77. The van der Waals surface area contributed by atoms with Crippen LogP contribution in [0.25, 0.3) is 0 Å². The van der Waals surface area contributed by atoms with Crippen LogP contribution in [0.3, 0.4) is 0 Å². The predicted octanol–water partition coefficient (Wildman–Crippen LogP) is 3.52. The maximum Gasteiger partial charge on any atom is 0.422 e. The van der Waals surface area contributed by atoms with Crippen molar-refractivity contribution in [2.24, 2.45) is 10.9 Å². The molecule has 12 heteroatoms. The molecule has 2 N–H and O–H groups in total. The van der Waals surface area contributed by atoms with Crippen molar-refractivity contribution in [2.45, 2.75) is 12.4 Å². The van der Waals surface area contributed by atoms with E-state index >= 15 is 0 Å². The normalized spacial score (nSPS) is 12.6. The Labute approximate surface area is 153 Å². The lowest BCUT2D eigenvalue weighted by Crippen LogP contribution is -2.20. The molecular formula is C16H11F6N3O3. The van der Waals surface area contributed by atoms with Gasteiger partial charge in [0.05, 0.1) is 11.1 Å². The Bertz CT molecular complexity index is 863. The SMILES string of the molecule is NC(=NOC(=O)c1cccc(C(F)(F)F)c1)c1ccc(OCC(F)(F)F)nc1. The van der Waals surface area contributed by atoms with Crippen LogP contribution in [-0.4, -0.2) is 29.6 Å². The standard InChI is InChI=1S/C16H11F6N3O3/c17-15(18,19)8-27-12-5-4-10(7-24-12)13(23)25-28-14(26)9-2-1-3-11(6-9)16(20,21)22/h1-7H,8H2,(H2,23,25). The van der Waals surface area contributed by atoms with Gasteiger partial charge in [0.1, 0.15) is 0 Å². The van der Waals surface area contributed by atoms with Crippen molar-refractivity contribution in [3.8, 4) is 5.88 Å². The fraction of sp³-hybridized carbons (Fsp3) is 0.188. The van der Waals surface area contributed by atoms with E-state index in [4.69, 9.17) is 5.73 Å². The number of halogens is 6. The Kier molecular flexibility index (Phi) is 6.11. The summed E-state index contributed by atoms with van der Waals surface area (Å²) in [5, 5.41) is 3.28. The Morgan fingerprint density at radius 2 is 1.79 bits per heavy atom. The summed E-state index contributed by atoms with van der Waals surface area (Å²) in [4.78, 5) is 19.9. The fourth-order valence-electron chi connectivity index (χ4n) is 1.79. The van der Waals surface area contributed by atoms with Gasteiger partial charge in [0.25, 0.3) is 0 Å². The average molecular weight is 407 g/mol. The van der Waals surface area contributed by atoms with Gasteiger partial charge in [-0.3, -0.25) is 0 Å². The third-order valence-corrected chi connectivity index (χ3v) is 3.07. The number of nitrogens with two attached hydrogens (primary N) is 1. The topological polar surface area (TPSA) is 86.8 Å². The van der Waals surface area contributed by atoms with Crippen molar-refractivity contribution in [1.29, 1.82) is 0 Å². The van der Waals surface area contributed by atoms with E-state index in [9.17, 15) is 31.1 Å². The second-order valence-corrected chi connectivity index (χ2v) is 5.22. The molecule has 1 heterocycles. The molecule has 150 valence electrons. The van der Waals surface area contributed by atoms with E-state index in [1.165, 1.54) is 6.07 Å². The number of hydrogen-bond acceptors (Lipinski definition) is 5. The molecule has 0 fully saturated rings. The number of carbonyl (C=O) groups excluding carboxylic acids is 1. The minimum Gasteiger partial charge on any atom is -0.468 e. The van der Waals surface area contributed by atoms with Crippen LogP contribution in [0.1, 0.15) is 21.5 Å². The first-order valence-electron chi connectivity index (χ1n) is 7.34. The van der Waals surface area contributed by atoms with Crippen molar-refractivity contribution in [2.75, 3.05) is 6.61 Å². The highest BCUT2D eigenvalue weighted by atomic mass is 19.4. The van der Waals surface area contributed by atoms with Crippen LogP contribution in [-0.2, 0) is 11.0 Å². The molecule has 2 rings (SSSR count). The molecule has 6 nitrogen and oxygen atoms in total. The van der Waals surface area contributed by atoms with Gasteiger partial charge in [-0.1, -0.05) is 11.2 Å². The monoisotopic (exact) mass is 407 g/mol. The van der Waals surface area contributed by atoms with Crippen molar-refractivity contribution in [3.05, 3.63) is 59.3 Å². The molecule has 28 heavy (non-hydrogen) atoms. The largest absolute Gasteiger partial charge is 0.468 e. The summed E-state index contributed by atoms with van der Waals surface area (Å²) >= 11 is 0. The summed E-state index contributed by atoms with van der Waals surface area (Å²) in [7, 11) is 0. The Morgan fingerprint density at radius 3 is 2.36 bits per heavy atom. The second-order valence-electron chi connectivity index (χ2n) is 5.22. The lowest BCUT2D eigenvalue weighted by molar-refractivity contribution is -0.154. The number of hydrogen-bond donors (Lipinski definition) is 1. The highest BCUT2D eigenvalue weighted by Gasteiger charge is 2.31. The molecule has 0 unspecified atom stereocenters. The van der Waals surface area contributed by atoms with Gasteiger partial charge in [-0.15, -0.1) is 0 Å². The number of pyridine rings is 1. The van der Waals surface area contributed by atoms with Crippen molar-refractivity contribution >= 4 is 11.8 Å². The van der Waals surface area contributed by atoms with Gasteiger partial charge < -0.3 is 15.3 Å². The first kappa shape index (κ1) is 21.0. The van der Waals surface area contributed by atoms with Gasteiger partial charge in [0.15, 0.2) is 12.4 Å². The zero-order chi connectivity index (χ0) is 20.9. The highest BCUT2D eigenvalue weighted by Crippen LogP contribution is 2.29. The smallest absolute Gasteiger partial charge is 0.422 e. The Morgan fingerprint density at radius 1 is 1.07 bits per heavy atom. The number of benzene rings is 1. The number of nitrogens with zero attached hydrogens (tertiary/aromatic N) is 2. The van der Waals surface area contributed by atoms with Crippen molar-refractivity contribution in [1.82, 2.24) is 4.98 Å². The van der Waals surface area contributed by atoms with Gasteiger partial charge in [0.2, 0.25) is 5.88 Å². The maximum atomic E-state index is 12.6. The molecule has 0 spiro atoms. The minimum atomic E-state index is -4.64. The Balaban J connectivity index is 2.03. The molecule has 0 saturated heterocycles. The van der Waals surface area contributed by atoms with E-state index in [1.54, 1.807) is 0 Å². The lowest BCUT2D eigenvalue weighted by atomic mass is 10.1. The van der Waals surface area contributed by atoms with Crippen LogP contribution >= 0.6 is 0 Å². The van der Waals surface area contributed by atoms with Crippen LogP contribution in [0.2, 0.25) is 0 Å². The zero-order valence-electron chi connectivity index (χ0n) is 13.7. The summed E-state index contributed by atoms with van der Waals surface area (Å²) in [5.41, 5.74) is 4.18. The molecule has 0 bridgehead atoms. The first-order chi connectivity index (χ1) is 13.0. The second kappa shape index (κ2) is 8.15. The maximum absolute atomic E-state index is 12.6. The fourth-order valence-corrected chi connectivity index (χ4v) is 1.79. The summed E-state index contributed by atoms with van der Waals surface area (Å²) in [5.74, 6) is -1.89. The molecule has 0 saturated carbocycles. The zero-order valence-corrected chi connectivity index (χ0v) is 13.7. The molecule has 0 aliphatic heterocycles. The molecule has 0 amide bonds. The molecule has 0 aliphatic carbocycles. The predicted molar refractivity (Wildman–Crippen MR) is 83.4 cm³/mol. The number of ether oxygens (including phenoxy) is 1. The van der Waals surface area contributed by atoms with Gasteiger partial charge in [-0.2, -0.15) is 26.3 Å². The van der Waals surface area contributed by atoms with Crippen molar-refractivity contribution < 1.29 is 40.7 Å². The average Bonchev–Trinajstić information content (AvgIpc) is 2.63. The van der Waals surface area contributed by atoms with E-state index in [0.717, 1.165) is 30.5 Å². The molecule has 0 radical (unpaired) electrons. The third-order valence-electron chi connectivity index (χ3n) is 3.07. The van der Waals surface area contributed by atoms with Gasteiger partial charge >= 0.3 is 18.3 Å². The van der Waals surface area contributed by atoms with Gasteiger partial charge in [-0.25, -0.2) is 9.78 Å². The van der Waals surface area contributed by atoms with E-state index < -0.39 is 36.1 Å². The number of aromatic nitrogens is 1. The van der Waals surface area contributed by atoms with Crippen molar-refractivity contribution in [3.63, 3.8) is 0 Å². The molecule has 0 atom stereocenters. The number of amidine groups is 1. The number of oxime groups is 1. The molecular weight excluding hydrogens is 396 g/mol. The quantitative estimate of drug-likeness (QED) is 0.270. The summed E-state index contributed by atoms with van der Waals surface area (Å²) in [6.07, 6.45) is -8.15. The molecule has 2 aromatic rings. The van der Waals surface area contributed by atoms with Crippen LogP contribution in [0.4, 0.5) is 26.3 Å². The lowest BCUT2D eigenvalue weighted by Gasteiger charge is -2.08. The number of alkyl halides is 6. The Hall–Kier alpha value is -3.31. The highest BCUT2D eigenvalue weighted by molar-refractivity contribution is 5.98. The van der Waals surface area contributed by atoms with E-state index in [0.29, 0.717) is 6.07 Å². The molecule has 1 aromatic carbocycles. The number of rotatable bonds is 5. The van der Waals surface area contributed by atoms with Crippen LogP contribution < -0.4 is 10.5 Å². The van der Waals surface area contributed by atoms with Crippen LogP contribution in [0.5, 0.6) is 5.88 Å². The molecule has 1 aromatic heterocycles. The van der Waals surface area contributed by atoms with E-state index in [-0.39, 0.29) is 17.3 Å². The first-order valence-corrected chi connectivity index (χ1v) is 7.34. The summed E-state index contributed by atoms with van der Waals surface area (Å²) < 4.78 is 78.5. The van der Waals surface area contributed by atoms with E-state index in [2.05, 4.69) is 19.7 Å². The van der Waals surface area contributed by atoms with Gasteiger partial charge in [0, 0.05) is 17.8 Å². The summed E-state index contributed by atoms with van der Waals surface area (Å²) in [6.45, 7) is -1.53.